The van der Waals surface area contributed by atoms with Crippen LogP contribution in [0.5, 0.6) is 5.75 Å². The highest BCUT2D eigenvalue weighted by Gasteiger charge is 2.26. The maximum Gasteiger partial charge on any atom is 0.516 e. The summed E-state index contributed by atoms with van der Waals surface area (Å²) in [5.41, 5.74) is 1.41. The highest BCUT2D eigenvalue weighted by atomic mass is 16.7. The smallest absolute Gasteiger partial charge is 0.508 e. The highest BCUT2D eigenvalue weighted by molar-refractivity contribution is 5.88. The van der Waals surface area contributed by atoms with Crippen LogP contribution in [0.3, 0.4) is 0 Å². The molecule has 0 fully saturated rings. The number of hydrogen-bond donors (Lipinski definition) is 2. The molecule has 0 aliphatic carbocycles. The Bertz CT molecular complexity index is 835. The average molecular weight is 446 g/mol. The largest absolute Gasteiger partial charge is 0.516 e. The van der Waals surface area contributed by atoms with E-state index in [0.717, 1.165) is 5.56 Å². The standard InChI is InChI=1S/C22H25NO7.C2H6/c1-15(2)13-29-22(27)30-20(25)19(12-16-8-10-18(24)11-9-16)23-21(26)28-14-17-6-4-3-5-7-17;1-2/h3-11,15,19,24H,12-14H2,1-2H3,(H,23,26);1-2H3. The fourth-order valence-electron chi connectivity index (χ4n) is 2.39. The third kappa shape index (κ3) is 10.5. The fraction of sp³-hybridized carbons (Fsp3) is 0.375. The molecule has 0 aromatic heterocycles. The van der Waals surface area contributed by atoms with Crippen molar-refractivity contribution in [2.45, 2.75) is 46.8 Å². The molecule has 2 aromatic carbocycles. The van der Waals surface area contributed by atoms with Gasteiger partial charge in [-0.3, -0.25) is 0 Å². The minimum absolute atomic E-state index is 0.0179. The number of amides is 1. The summed E-state index contributed by atoms with van der Waals surface area (Å²) in [4.78, 5) is 36.3. The van der Waals surface area contributed by atoms with Gasteiger partial charge in [0.15, 0.2) is 0 Å². The van der Waals surface area contributed by atoms with Crippen molar-refractivity contribution >= 4 is 18.2 Å². The molecule has 0 aliphatic heterocycles. The third-order valence-corrected chi connectivity index (χ3v) is 3.88. The zero-order valence-corrected chi connectivity index (χ0v) is 18.9. The molecule has 32 heavy (non-hydrogen) atoms. The molecule has 174 valence electrons. The molecule has 0 aliphatic rings. The predicted molar refractivity (Wildman–Crippen MR) is 119 cm³/mol. The van der Waals surface area contributed by atoms with Gasteiger partial charge in [-0.2, -0.15) is 0 Å². The Morgan fingerprint density at radius 2 is 1.53 bits per heavy atom. The van der Waals surface area contributed by atoms with E-state index in [1.807, 2.05) is 45.9 Å². The van der Waals surface area contributed by atoms with Gasteiger partial charge in [-0.15, -0.1) is 0 Å². The van der Waals surface area contributed by atoms with Crippen LogP contribution in [0.2, 0.25) is 0 Å². The van der Waals surface area contributed by atoms with Gasteiger partial charge in [0.05, 0.1) is 6.61 Å². The molecule has 8 heteroatoms. The van der Waals surface area contributed by atoms with E-state index in [2.05, 4.69) is 5.32 Å². The first-order chi connectivity index (χ1) is 15.3. The van der Waals surface area contributed by atoms with Crippen molar-refractivity contribution in [3.8, 4) is 5.75 Å². The Morgan fingerprint density at radius 3 is 2.12 bits per heavy atom. The Morgan fingerprint density at radius 1 is 0.906 bits per heavy atom. The number of benzene rings is 2. The van der Waals surface area contributed by atoms with E-state index in [9.17, 15) is 19.5 Å². The molecule has 2 rings (SSSR count). The zero-order valence-electron chi connectivity index (χ0n) is 18.9. The fourth-order valence-corrected chi connectivity index (χ4v) is 2.39. The normalized spacial score (nSPS) is 10.9. The summed E-state index contributed by atoms with van der Waals surface area (Å²) in [5, 5.41) is 11.8. The van der Waals surface area contributed by atoms with Crippen LogP contribution >= 0.6 is 0 Å². The summed E-state index contributed by atoms with van der Waals surface area (Å²) >= 11 is 0. The second kappa shape index (κ2) is 14.5. The van der Waals surface area contributed by atoms with Crippen LogP contribution in [0.25, 0.3) is 0 Å². The van der Waals surface area contributed by atoms with Gasteiger partial charge in [0.2, 0.25) is 0 Å². The van der Waals surface area contributed by atoms with Crippen molar-refractivity contribution in [1.82, 2.24) is 5.32 Å². The summed E-state index contributed by atoms with van der Waals surface area (Å²) in [6, 6.07) is 13.9. The van der Waals surface area contributed by atoms with Crippen LogP contribution in [-0.4, -0.2) is 36.0 Å². The monoisotopic (exact) mass is 445 g/mol. The van der Waals surface area contributed by atoms with Gasteiger partial charge < -0.3 is 24.6 Å². The molecule has 0 saturated heterocycles. The lowest BCUT2D eigenvalue weighted by atomic mass is 10.1. The minimum atomic E-state index is -1.19. The average Bonchev–Trinajstić information content (AvgIpc) is 2.79. The molecule has 1 atom stereocenters. The van der Waals surface area contributed by atoms with Gasteiger partial charge >= 0.3 is 18.2 Å². The lowest BCUT2D eigenvalue weighted by Gasteiger charge is -2.17. The number of alkyl carbamates (subject to hydrolysis) is 1. The molecular weight excluding hydrogens is 414 g/mol. The summed E-state index contributed by atoms with van der Waals surface area (Å²) in [6.45, 7) is 7.80. The SMILES string of the molecule is CC.CC(C)COC(=O)OC(=O)C(Cc1ccc(O)cc1)NC(=O)OCc1ccccc1. The number of aromatic hydroxyl groups is 1. The number of rotatable bonds is 8. The van der Waals surface area contributed by atoms with Gasteiger partial charge in [-0.1, -0.05) is 70.2 Å². The molecule has 2 aromatic rings. The molecule has 0 spiro atoms. The van der Waals surface area contributed by atoms with Gasteiger partial charge in [0, 0.05) is 6.42 Å². The zero-order chi connectivity index (χ0) is 23.9. The second-order valence-electron chi connectivity index (χ2n) is 7.01. The van der Waals surface area contributed by atoms with Crippen molar-refractivity contribution in [2.75, 3.05) is 6.61 Å². The number of phenols is 1. The first kappa shape index (κ1) is 26.5. The maximum absolute atomic E-state index is 12.4. The molecule has 1 amide bonds. The lowest BCUT2D eigenvalue weighted by molar-refractivity contribution is -0.142. The minimum Gasteiger partial charge on any atom is -0.508 e. The first-order valence-corrected chi connectivity index (χ1v) is 10.5. The Labute approximate surface area is 188 Å². The number of carbonyl (C=O) groups excluding carboxylic acids is 3. The van der Waals surface area contributed by atoms with E-state index >= 15 is 0 Å². The number of nitrogens with one attached hydrogen (secondary N) is 1. The van der Waals surface area contributed by atoms with Gasteiger partial charge in [0.1, 0.15) is 18.4 Å². The number of ether oxygens (including phenoxy) is 3. The van der Waals surface area contributed by atoms with Crippen molar-refractivity contribution < 1.29 is 33.7 Å². The number of esters is 1. The van der Waals surface area contributed by atoms with Crippen LogP contribution in [0.15, 0.2) is 54.6 Å². The van der Waals surface area contributed by atoms with Crippen molar-refractivity contribution in [2.24, 2.45) is 5.92 Å². The molecule has 0 heterocycles. The Kier molecular flexibility index (Phi) is 12.0. The van der Waals surface area contributed by atoms with Crippen molar-refractivity contribution in [3.63, 3.8) is 0 Å². The van der Waals surface area contributed by atoms with E-state index in [0.29, 0.717) is 5.56 Å². The number of hydrogen-bond acceptors (Lipinski definition) is 7. The van der Waals surface area contributed by atoms with Gasteiger partial charge in [0.25, 0.3) is 0 Å². The summed E-state index contributed by atoms with van der Waals surface area (Å²) in [5.74, 6) is -0.842. The Balaban J connectivity index is 0.00000249. The van der Waals surface area contributed by atoms with Crippen molar-refractivity contribution in [3.05, 3.63) is 65.7 Å². The summed E-state index contributed by atoms with van der Waals surface area (Å²) < 4.78 is 14.7. The highest BCUT2D eigenvalue weighted by Crippen LogP contribution is 2.12. The van der Waals surface area contributed by atoms with E-state index in [-0.39, 0.29) is 31.3 Å². The maximum atomic E-state index is 12.4. The van der Waals surface area contributed by atoms with E-state index in [4.69, 9.17) is 14.2 Å². The molecule has 2 N–H and O–H groups in total. The number of carbonyl (C=O) groups is 3. The first-order valence-electron chi connectivity index (χ1n) is 10.5. The van der Waals surface area contributed by atoms with Crippen molar-refractivity contribution in [1.29, 1.82) is 0 Å². The van der Waals surface area contributed by atoms with E-state index < -0.39 is 24.3 Å². The third-order valence-electron chi connectivity index (χ3n) is 3.88. The van der Waals surface area contributed by atoms with Crippen LogP contribution in [0.4, 0.5) is 9.59 Å². The van der Waals surface area contributed by atoms with Crippen LogP contribution in [0, 0.1) is 5.92 Å². The Hall–Kier alpha value is -3.55. The van der Waals surface area contributed by atoms with Crippen LogP contribution in [-0.2, 0) is 32.0 Å². The molecule has 0 radical (unpaired) electrons. The molecular formula is C24H31NO7. The van der Waals surface area contributed by atoms with E-state index in [1.54, 1.807) is 24.3 Å². The quantitative estimate of drug-likeness (QED) is 0.451. The molecule has 0 bridgehead atoms. The molecule has 0 saturated carbocycles. The second-order valence-corrected chi connectivity index (χ2v) is 7.01. The molecule has 1 unspecified atom stereocenters. The summed E-state index contributed by atoms with van der Waals surface area (Å²) in [7, 11) is 0. The van der Waals surface area contributed by atoms with Crippen LogP contribution in [0.1, 0.15) is 38.8 Å². The molecule has 8 nitrogen and oxygen atoms in total. The number of phenolic OH excluding ortho intramolecular Hbond substituents is 1. The van der Waals surface area contributed by atoms with Gasteiger partial charge in [-0.05, 0) is 29.2 Å². The lowest BCUT2D eigenvalue weighted by Crippen LogP contribution is -2.44. The predicted octanol–water partition coefficient (Wildman–Crippen LogP) is 4.59. The van der Waals surface area contributed by atoms with Gasteiger partial charge in [-0.25, -0.2) is 14.4 Å². The summed E-state index contributed by atoms with van der Waals surface area (Å²) in [6.07, 6.45) is -1.95. The van der Waals surface area contributed by atoms with Crippen LogP contribution < -0.4 is 5.32 Å². The van der Waals surface area contributed by atoms with E-state index in [1.165, 1.54) is 12.1 Å². The topological polar surface area (TPSA) is 111 Å².